The lowest BCUT2D eigenvalue weighted by Crippen LogP contribution is -2.10. The first-order valence-electron chi connectivity index (χ1n) is 19.6. The van der Waals surface area contributed by atoms with Crippen molar-refractivity contribution in [2.45, 2.75) is 0 Å². The predicted octanol–water partition coefficient (Wildman–Crippen LogP) is 16.6. The van der Waals surface area contributed by atoms with Gasteiger partial charge in [-0.15, -0.1) is 22.7 Å². The summed E-state index contributed by atoms with van der Waals surface area (Å²) in [6, 6.07) is 76.8. The second kappa shape index (κ2) is 14.5. The molecule has 58 heavy (non-hydrogen) atoms. The van der Waals surface area contributed by atoms with Gasteiger partial charge in [-0.25, -0.2) is 0 Å². The molecule has 0 spiro atoms. The third-order valence-corrected chi connectivity index (χ3v) is 13.6. The average molecular weight is 777 g/mol. The van der Waals surface area contributed by atoms with Gasteiger partial charge in [-0.3, -0.25) is 0 Å². The molecule has 274 valence electrons. The number of fused-ring (bicyclic) bond motifs is 6. The van der Waals surface area contributed by atoms with Crippen LogP contribution in [-0.2, 0) is 0 Å². The zero-order chi connectivity index (χ0) is 38.4. The third kappa shape index (κ3) is 6.02. The largest absolute Gasteiger partial charge is 0.355 e. The molecule has 0 saturated carbocycles. The molecule has 0 unspecified atom stereocenters. The molecule has 0 bridgehead atoms. The van der Waals surface area contributed by atoms with Crippen molar-refractivity contribution < 1.29 is 0 Å². The second-order valence-corrected chi connectivity index (χ2v) is 16.6. The zero-order valence-corrected chi connectivity index (χ0v) is 33.1. The zero-order valence-electron chi connectivity index (χ0n) is 31.5. The van der Waals surface area contributed by atoms with E-state index in [0.29, 0.717) is 0 Å². The molecule has 0 aliphatic carbocycles. The standard InChI is InChI=1S/C54H36N2S2/c1-3-14-36(15-4-1)37-28-32-40(33-29-37)56(41-34-30-38(31-35-41)42-20-11-22-46-44-19-8-10-27-51(44)57-52(42)46)50-26-13-24-48-47-23-12-21-45(53(47)58-54(48)50)43-18-7-9-25-49(43)55-39-16-5-2-6-17-39/h1-35,55H. The summed E-state index contributed by atoms with van der Waals surface area (Å²) in [7, 11) is 0. The first kappa shape index (κ1) is 34.3. The van der Waals surface area contributed by atoms with Gasteiger partial charge < -0.3 is 10.2 Å². The van der Waals surface area contributed by atoms with Crippen LogP contribution in [0.3, 0.4) is 0 Å². The molecule has 0 saturated heterocycles. The summed E-state index contributed by atoms with van der Waals surface area (Å²) in [6.07, 6.45) is 0. The van der Waals surface area contributed by atoms with Crippen LogP contribution in [0.1, 0.15) is 0 Å². The molecule has 1 N–H and O–H groups in total. The van der Waals surface area contributed by atoms with Crippen molar-refractivity contribution in [2.24, 2.45) is 0 Å². The van der Waals surface area contributed by atoms with Crippen molar-refractivity contribution in [3.63, 3.8) is 0 Å². The van der Waals surface area contributed by atoms with Crippen LogP contribution in [0, 0.1) is 0 Å². The van der Waals surface area contributed by atoms with Crippen LogP contribution in [-0.4, -0.2) is 0 Å². The van der Waals surface area contributed by atoms with Gasteiger partial charge in [-0.1, -0.05) is 158 Å². The van der Waals surface area contributed by atoms with Gasteiger partial charge in [0, 0.05) is 69.5 Å². The van der Waals surface area contributed by atoms with Crippen LogP contribution < -0.4 is 10.2 Å². The molecule has 11 rings (SSSR count). The van der Waals surface area contributed by atoms with Crippen LogP contribution >= 0.6 is 22.7 Å². The number of para-hydroxylation sites is 2. The molecule has 4 heteroatoms. The lowest BCUT2D eigenvalue weighted by molar-refractivity contribution is 1.30. The maximum absolute atomic E-state index is 3.69. The summed E-state index contributed by atoms with van der Waals surface area (Å²) in [5, 5.41) is 8.85. The molecule has 0 aliphatic heterocycles. The average Bonchev–Trinajstić information content (AvgIpc) is 3.87. The van der Waals surface area contributed by atoms with Gasteiger partial charge in [0.25, 0.3) is 0 Å². The molecule has 0 radical (unpaired) electrons. The fourth-order valence-corrected chi connectivity index (χ4v) is 10.9. The van der Waals surface area contributed by atoms with E-state index in [1.54, 1.807) is 0 Å². The fourth-order valence-electron chi connectivity index (χ4n) is 8.32. The number of nitrogens with one attached hydrogen (secondary N) is 1. The first-order chi connectivity index (χ1) is 28.8. The smallest absolute Gasteiger partial charge is 0.0640 e. The summed E-state index contributed by atoms with van der Waals surface area (Å²) in [4.78, 5) is 2.43. The van der Waals surface area contributed by atoms with Crippen molar-refractivity contribution in [1.82, 2.24) is 0 Å². The van der Waals surface area contributed by atoms with E-state index in [1.165, 1.54) is 73.7 Å². The van der Waals surface area contributed by atoms with E-state index < -0.39 is 0 Å². The van der Waals surface area contributed by atoms with Crippen LogP contribution in [0.2, 0.25) is 0 Å². The Balaban J connectivity index is 1.06. The lowest BCUT2D eigenvalue weighted by Gasteiger charge is -2.26. The quantitative estimate of drug-likeness (QED) is 0.165. The van der Waals surface area contributed by atoms with E-state index >= 15 is 0 Å². The number of anilines is 5. The molecule has 0 aliphatic rings. The van der Waals surface area contributed by atoms with Crippen LogP contribution in [0.4, 0.5) is 28.4 Å². The number of thiophene rings is 2. The minimum absolute atomic E-state index is 1.07. The van der Waals surface area contributed by atoms with Crippen LogP contribution in [0.5, 0.6) is 0 Å². The van der Waals surface area contributed by atoms with Gasteiger partial charge in [-0.05, 0) is 76.9 Å². The number of rotatable bonds is 8. The fraction of sp³-hybridized carbons (Fsp3) is 0. The van der Waals surface area contributed by atoms with Gasteiger partial charge >= 0.3 is 0 Å². The Kier molecular flexibility index (Phi) is 8.58. The molecule has 2 aromatic heterocycles. The summed E-state index contributed by atoms with van der Waals surface area (Å²) in [5.41, 5.74) is 12.8. The van der Waals surface area contributed by atoms with Crippen molar-refractivity contribution in [3.8, 4) is 33.4 Å². The number of nitrogens with zero attached hydrogens (tertiary/aromatic N) is 1. The van der Waals surface area contributed by atoms with E-state index in [-0.39, 0.29) is 0 Å². The van der Waals surface area contributed by atoms with Crippen LogP contribution in [0.15, 0.2) is 212 Å². The van der Waals surface area contributed by atoms with Crippen molar-refractivity contribution in [3.05, 3.63) is 212 Å². The first-order valence-corrected chi connectivity index (χ1v) is 21.2. The van der Waals surface area contributed by atoms with E-state index in [2.05, 4.69) is 223 Å². The molecular formula is C54H36N2S2. The highest BCUT2D eigenvalue weighted by Crippen LogP contribution is 2.48. The number of hydrogen-bond acceptors (Lipinski definition) is 4. The van der Waals surface area contributed by atoms with Crippen LogP contribution in [0.25, 0.3) is 73.7 Å². The van der Waals surface area contributed by atoms with E-state index in [4.69, 9.17) is 0 Å². The van der Waals surface area contributed by atoms with E-state index in [0.717, 1.165) is 28.4 Å². The molecule has 2 nitrogen and oxygen atoms in total. The Morgan fingerprint density at radius 1 is 0.328 bits per heavy atom. The normalized spacial score (nSPS) is 11.4. The third-order valence-electron chi connectivity index (χ3n) is 11.1. The van der Waals surface area contributed by atoms with Crippen molar-refractivity contribution in [2.75, 3.05) is 10.2 Å². The number of hydrogen-bond donors (Lipinski definition) is 1. The molecule has 0 fully saturated rings. The summed E-state index contributed by atoms with van der Waals surface area (Å²) < 4.78 is 5.18. The van der Waals surface area contributed by atoms with Crippen molar-refractivity contribution >= 4 is 91.5 Å². The summed E-state index contributed by atoms with van der Waals surface area (Å²) in [6.45, 7) is 0. The maximum Gasteiger partial charge on any atom is 0.0640 e. The lowest BCUT2D eigenvalue weighted by atomic mass is 10.0. The van der Waals surface area contributed by atoms with Gasteiger partial charge in [0.1, 0.15) is 0 Å². The SMILES string of the molecule is c1ccc(Nc2ccccc2-c2cccc3c2sc2c(N(c4ccc(-c5ccccc5)cc4)c4ccc(-c5cccc6c5sc5ccccc56)cc4)cccc23)cc1. The Bertz CT molecular complexity index is 3240. The minimum atomic E-state index is 1.07. The highest BCUT2D eigenvalue weighted by molar-refractivity contribution is 7.27. The minimum Gasteiger partial charge on any atom is -0.355 e. The molecular weight excluding hydrogens is 741 g/mol. The monoisotopic (exact) mass is 776 g/mol. The Hall–Kier alpha value is -6.98. The molecule has 11 aromatic rings. The van der Waals surface area contributed by atoms with E-state index in [9.17, 15) is 0 Å². The second-order valence-electron chi connectivity index (χ2n) is 14.6. The van der Waals surface area contributed by atoms with Crippen molar-refractivity contribution in [1.29, 1.82) is 0 Å². The van der Waals surface area contributed by atoms with Gasteiger partial charge in [0.15, 0.2) is 0 Å². The van der Waals surface area contributed by atoms with Gasteiger partial charge in [0.05, 0.1) is 10.4 Å². The highest BCUT2D eigenvalue weighted by atomic mass is 32.1. The molecule has 0 atom stereocenters. The topological polar surface area (TPSA) is 15.3 Å². The Morgan fingerprint density at radius 2 is 0.845 bits per heavy atom. The van der Waals surface area contributed by atoms with Gasteiger partial charge in [0.2, 0.25) is 0 Å². The highest BCUT2D eigenvalue weighted by Gasteiger charge is 2.21. The Labute approximate surface area is 345 Å². The Morgan fingerprint density at radius 3 is 1.60 bits per heavy atom. The number of benzene rings is 9. The summed E-state index contributed by atoms with van der Waals surface area (Å²) in [5.74, 6) is 0. The summed E-state index contributed by atoms with van der Waals surface area (Å²) >= 11 is 3.76. The maximum atomic E-state index is 3.69. The predicted molar refractivity (Wildman–Crippen MR) is 253 cm³/mol. The van der Waals surface area contributed by atoms with Gasteiger partial charge in [-0.2, -0.15) is 0 Å². The molecule has 2 heterocycles. The molecule has 0 amide bonds. The molecule has 9 aromatic carbocycles. The van der Waals surface area contributed by atoms with E-state index in [1.807, 2.05) is 22.7 Å².